The van der Waals surface area contributed by atoms with E-state index in [1.54, 1.807) is 19.2 Å². The summed E-state index contributed by atoms with van der Waals surface area (Å²) in [7, 11) is 1.68. The molecule has 0 amide bonds. The first-order chi connectivity index (χ1) is 17.5. The maximum absolute atomic E-state index is 12.1. The number of aryl methyl sites for hydroxylation is 1. The summed E-state index contributed by atoms with van der Waals surface area (Å²) >= 11 is 0. The molecule has 4 fully saturated rings. The molecule has 36 heavy (non-hydrogen) atoms. The van der Waals surface area contributed by atoms with E-state index in [0.29, 0.717) is 5.56 Å². The first-order valence-corrected chi connectivity index (χ1v) is 13.6. The first kappa shape index (κ1) is 23.5. The van der Waals surface area contributed by atoms with Crippen molar-refractivity contribution in [3.8, 4) is 16.9 Å². The number of carboxylic acids is 1. The lowest BCUT2D eigenvalue weighted by atomic mass is 9.48. The Morgan fingerprint density at radius 1 is 0.972 bits per heavy atom. The maximum atomic E-state index is 12.1. The maximum Gasteiger partial charge on any atom is 0.336 e. The number of aromatic carboxylic acids is 1. The van der Waals surface area contributed by atoms with Gasteiger partial charge in [0.05, 0.1) is 5.56 Å². The van der Waals surface area contributed by atoms with E-state index in [1.165, 1.54) is 55.0 Å². The van der Waals surface area contributed by atoms with Crippen LogP contribution in [0.1, 0.15) is 73.4 Å². The molecule has 4 aliphatic carbocycles. The van der Waals surface area contributed by atoms with E-state index in [4.69, 9.17) is 9.47 Å². The summed E-state index contributed by atoms with van der Waals surface area (Å²) in [5.41, 5.74) is 4.97. The molecule has 0 spiro atoms. The molecular formula is C32H36O4. The van der Waals surface area contributed by atoms with Crippen molar-refractivity contribution < 1.29 is 19.4 Å². The van der Waals surface area contributed by atoms with E-state index in [1.807, 2.05) is 12.1 Å². The van der Waals surface area contributed by atoms with Crippen LogP contribution in [0.25, 0.3) is 21.9 Å². The lowest BCUT2D eigenvalue weighted by Crippen LogP contribution is -2.48. The monoisotopic (exact) mass is 484 g/mol. The quantitative estimate of drug-likeness (QED) is 0.334. The highest BCUT2D eigenvalue weighted by Gasteiger charge is 2.52. The van der Waals surface area contributed by atoms with Gasteiger partial charge in [-0.15, -0.1) is 0 Å². The normalized spacial score (nSPS) is 26.4. The molecule has 4 saturated carbocycles. The molecule has 4 heteroatoms. The number of carboxylic acid groups (broad SMARTS) is 1. The smallest absolute Gasteiger partial charge is 0.336 e. The van der Waals surface area contributed by atoms with E-state index in [-0.39, 0.29) is 12.2 Å². The molecule has 0 aliphatic heterocycles. The predicted molar refractivity (Wildman–Crippen MR) is 143 cm³/mol. The number of rotatable bonds is 8. The molecule has 0 radical (unpaired) electrons. The van der Waals surface area contributed by atoms with Gasteiger partial charge >= 0.3 is 5.97 Å². The fraction of sp³-hybridized carbons (Fsp3) is 0.469. The Balaban J connectivity index is 1.57. The van der Waals surface area contributed by atoms with Crippen molar-refractivity contribution in [2.45, 2.75) is 63.7 Å². The zero-order valence-electron chi connectivity index (χ0n) is 21.4. The molecule has 0 heterocycles. The Labute approximate surface area is 213 Å². The topological polar surface area (TPSA) is 55.8 Å². The van der Waals surface area contributed by atoms with E-state index in [2.05, 4.69) is 31.2 Å². The lowest BCUT2D eigenvalue weighted by Gasteiger charge is -2.57. The Morgan fingerprint density at radius 2 is 1.67 bits per heavy atom. The van der Waals surface area contributed by atoms with Crippen molar-refractivity contribution in [3.05, 3.63) is 65.2 Å². The number of hydrogen-bond donors (Lipinski definition) is 1. The number of carbonyl (C=O) groups is 1. The number of methoxy groups -OCH3 is 1. The Hall–Kier alpha value is -2.85. The highest BCUT2D eigenvalue weighted by Crippen LogP contribution is 2.62. The minimum Gasteiger partial charge on any atom is -0.478 e. The van der Waals surface area contributed by atoms with Gasteiger partial charge in [-0.25, -0.2) is 4.79 Å². The summed E-state index contributed by atoms with van der Waals surface area (Å²) in [6, 6.07) is 16.3. The summed E-state index contributed by atoms with van der Waals surface area (Å²) in [4.78, 5) is 12.1. The molecule has 0 aromatic heterocycles. The molecule has 4 nitrogen and oxygen atoms in total. The molecular weight excluding hydrogens is 448 g/mol. The molecule has 1 N–H and O–H groups in total. The van der Waals surface area contributed by atoms with Crippen LogP contribution in [0, 0.1) is 17.8 Å². The van der Waals surface area contributed by atoms with Gasteiger partial charge in [-0.05, 0) is 114 Å². The van der Waals surface area contributed by atoms with E-state index >= 15 is 0 Å². The highest BCUT2D eigenvalue weighted by molar-refractivity contribution is 6.00. The van der Waals surface area contributed by atoms with Gasteiger partial charge in [0.15, 0.2) is 6.79 Å². The van der Waals surface area contributed by atoms with Gasteiger partial charge in [0.25, 0.3) is 0 Å². The number of benzene rings is 3. The molecule has 0 saturated heterocycles. The molecule has 4 aliphatic rings. The van der Waals surface area contributed by atoms with Gasteiger partial charge in [0.1, 0.15) is 5.75 Å². The lowest BCUT2D eigenvalue weighted by molar-refractivity contribution is -0.00874. The summed E-state index contributed by atoms with van der Waals surface area (Å²) in [5.74, 6) is 2.60. The van der Waals surface area contributed by atoms with Crippen molar-refractivity contribution in [2.75, 3.05) is 13.9 Å². The average molecular weight is 485 g/mol. The van der Waals surface area contributed by atoms with Gasteiger partial charge in [0.2, 0.25) is 0 Å². The fourth-order valence-electron chi connectivity index (χ4n) is 8.19. The van der Waals surface area contributed by atoms with Gasteiger partial charge in [0, 0.05) is 12.7 Å². The van der Waals surface area contributed by atoms with Crippen molar-refractivity contribution in [1.82, 2.24) is 0 Å². The third kappa shape index (κ3) is 3.91. The highest BCUT2D eigenvalue weighted by atomic mass is 16.7. The second-order valence-corrected chi connectivity index (χ2v) is 11.5. The van der Waals surface area contributed by atoms with Crippen LogP contribution in [0.3, 0.4) is 0 Å². The van der Waals surface area contributed by atoms with Crippen molar-refractivity contribution in [3.63, 3.8) is 0 Å². The average Bonchev–Trinajstić information content (AvgIpc) is 2.86. The molecule has 7 rings (SSSR count). The van der Waals surface area contributed by atoms with Crippen LogP contribution in [0.15, 0.2) is 48.5 Å². The van der Waals surface area contributed by atoms with Crippen LogP contribution >= 0.6 is 0 Å². The van der Waals surface area contributed by atoms with E-state index < -0.39 is 5.97 Å². The number of ether oxygens (including phenoxy) is 2. The van der Waals surface area contributed by atoms with Crippen LogP contribution in [0.2, 0.25) is 0 Å². The second kappa shape index (κ2) is 9.23. The van der Waals surface area contributed by atoms with Gasteiger partial charge in [-0.2, -0.15) is 0 Å². The molecule has 4 bridgehead atoms. The summed E-state index contributed by atoms with van der Waals surface area (Å²) in [6.07, 6.45) is 9.89. The van der Waals surface area contributed by atoms with Crippen LogP contribution in [0.5, 0.6) is 5.75 Å². The molecule has 3 aromatic rings. The summed E-state index contributed by atoms with van der Waals surface area (Å²) in [5, 5.41) is 12.3. The Kier molecular flexibility index (Phi) is 6.03. The van der Waals surface area contributed by atoms with Crippen molar-refractivity contribution >= 4 is 16.7 Å². The fourth-order valence-corrected chi connectivity index (χ4v) is 8.19. The summed E-state index contributed by atoms with van der Waals surface area (Å²) < 4.78 is 11.6. The molecule has 0 unspecified atom stereocenters. The minimum atomic E-state index is -0.884. The van der Waals surface area contributed by atoms with E-state index in [9.17, 15) is 9.90 Å². The van der Waals surface area contributed by atoms with E-state index in [0.717, 1.165) is 52.9 Å². The first-order valence-electron chi connectivity index (χ1n) is 13.6. The van der Waals surface area contributed by atoms with Crippen LogP contribution in [0.4, 0.5) is 0 Å². The van der Waals surface area contributed by atoms with Gasteiger partial charge in [-0.3, -0.25) is 0 Å². The second-order valence-electron chi connectivity index (χ2n) is 11.5. The Morgan fingerprint density at radius 3 is 2.31 bits per heavy atom. The number of fused-ring (bicyclic) bond motifs is 1. The summed E-state index contributed by atoms with van der Waals surface area (Å²) in [6.45, 7) is 2.44. The van der Waals surface area contributed by atoms with Crippen molar-refractivity contribution in [1.29, 1.82) is 0 Å². The van der Waals surface area contributed by atoms with Crippen LogP contribution < -0.4 is 4.74 Å². The predicted octanol–water partition coefficient (Wildman–Crippen LogP) is 7.61. The third-order valence-electron chi connectivity index (χ3n) is 9.12. The molecule has 3 aromatic carbocycles. The van der Waals surface area contributed by atoms with Gasteiger partial charge < -0.3 is 14.6 Å². The van der Waals surface area contributed by atoms with Gasteiger partial charge in [-0.1, -0.05) is 43.7 Å². The zero-order valence-corrected chi connectivity index (χ0v) is 21.4. The minimum absolute atomic E-state index is 0.185. The van der Waals surface area contributed by atoms with Crippen LogP contribution in [-0.2, 0) is 16.6 Å². The zero-order chi connectivity index (χ0) is 24.9. The van der Waals surface area contributed by atoms with Crippen LogP contribution in [-0.4, -0.2) is 25.0 Å². The van der Waals surface area contributed by atoms with Crippen molar-refractivity contribution in [2.24, 2.45) is 17.8 Å². The Bertz CT molecular complexity index is 1270. The standard InChI is InChI=1S/C32H36O4/c1-3-6-24-26(25-7-4-5-8-27(25)31(33)34)10-9-23-14-30(36-19-35-2)29(15-28(23)24)32-16-20-11-21(17-32)13-22(12-20)18-32/h4-5,7-10,14-15,20-22H,3,6,11-13,16-19H2,1-2H3,(H,33,34). The largest absolute Gasteiger partial charge is 0.478 e. The molecule has 0 atom stereocenters. The number of hydrogen-bond acceptors (Lipinski definition) is 3. The molecule has 188 valence electrons. The SMILES string of the molecule is CCCc1c(-c2ccccc2C(=O)O)ccc2cc(OCOC)c(C34CC5CC(CC(C5)C3)C4)cc12. The third-order valence-corrected chi connectivity index (χ3v) is 9.12.